The molecule has 0 spiro atoms. The fourth-order valence-corrected chi connectivity index (χ4v) is 1.51. The minimum absolute atomic E-state index is 0.431. The van der Waals surface area contributed by atoms with E-state index < -0.39 is 5.54 Å². The molecule has 0 bridgehead atoms. The summed E-state index contributed by atoms with van der Waals surface area (Å²) in [6.45, 7) is 5.59. The van der Waals surface area contributed by atoms with Crippen molar-refractivity contribution in [2.45, 2.75) is 26.3 Å². The number of benzene rings is 1. The Labute approximate surface area is 105 Å². The van der Waals surface area contributed by atoms with Gasteiger partial charge in [0.15, 0.2) is 5.82 Å². The summed E-state index contributed by atoms with van der Waals surface area (Å²) in [6, 6.07) is 5.61. The Kier molecular flexibility index (Phi) is 2.93. The lowest BCUT2D eigenvalue weighted by atomic mass is 10.1. The highest BCUT2D eigenvalue weighted by Crippen LogP contribution is 2.25. The Morgan fingerprint density at radius 3 is 2.59 bits per heavy atom. The van der Waals surface area contributed by atoms with Crippen LogP contribution in [0.3, 0.4) is 0 Å². The molecule has 1 aromatic heterocycles. The van der Waals surface area contributed by atoms with E-state index in [1.54, 1.807) is 6.07 Å². The molecule has 0 radical (unpaired) electrons. The quantitative estimate of drug-likeness (QED) is 0.891. The number of hydrogen-bond donors (Lipinski definition) is 1. The zero-order valence-electron chi connectivity index (χ0n) is 9.99. The van der Waals surface area contributed by atoms with Crippen molar-refractivity contribution in [3.8, 4) is 11.5 Å². The van der Waals surface area contributed by atoms with E-state index in [1.165, 1.54) is 0 Å². The molecule has 4 nitrogen and oxygen atoms in total. The molecule has 0 fully saturated rings. The van der Waals surface area contributed by atoms with Crippen molar-refractivity contribution in [3.63, 3.8) is 0 Å². The van der Waals surface area contributed by atoms with Crippen LogP contribution in [-0.2, 0) is 5.54 Å². The van der Waals surface area contributed by atoms with Gasteiger partial charge in [0.05, 0.1) is 5.54 Å². The van der Waals surface area contributed by atoms with Crippen LogP contribution in [0.4, 0.5) is 0 Å². The zero-order valence-corrected chi connectivity index (χ0v) is 10.7. The number of hydrogen-bond acceptors (Lipinski definition) is 4. The van der Waals surface area contributed by atoms with Crippen LogP contribution in [0.5, 0.6) is 0 Å². The molecule has 0 amide bonds. The molecule has 2 rings (SSSR count). The van der Waals surface area contributed by atoms with Crippen molar-refractivity contribution in [1.82, 2.24) is 10.1 Å². The van der Waals surface area contributed by atoms with E-state index in [9.17, 15) is 0 Å². The fraction of sp³-hybridized carbons (Fsp3) is 0.333. The van der Waals surface area contributed by atoms with Crippen LogP contribution < -0.4 is 5.73 Å². The molecule has 0 saturated heterocycles. The molecule has 5 heteroatoms. The third-order valence-corrected chi connectivity index (χ3v) is 2.83. The third-order valence-electron chi connectivity index (χ3n) is 2.42. The van der Waals surface area contributed by atoms with Gasteiger partial charge in [0.2, 0.25) is 0 Å². The van der Waals surface area contributed by atoms with E-state index in [0.29, 0.717) is 16.7 Å². The first-order valence-corrected chi connectivity index (χ1v) is 5.65. The number of nitrogens with zero attached hydrogens (tertiary/aromatic N) is 2. The Morgan fingerprint density at radius 1 is 1.35 bits per heavy atom. The van der Waals surface area contributed by atoms with Crippen molar-refractivity contribution in [2.75, 3.05) is 0 Å². The lowest BCUT2D eigenvalue weighted by Crippen LogP contribution is -2.30. The molecule has 17 heavy (non-hydrogen) atoms. The first-order valence-electron chi connectivity index (χ1n) is 5.27. The first-order chi connectivity index (χ1) is 7.88. The van der Waals surface area contributed by atoms with Gasteiger partial charge >= 0.3 is 0 Å². The van der Waals surface area contributed by atoms with Gasteiger partial charge in [-0.15, -0.1) is 0 Å². The summed E-state index contributed by atoms with van der Waals surface area (Å²) in [4.78, 5) is 4.26. The summed E-state index contributed by atoms with van der Waals surface area (Å²) >= 11 is 6.05. The van der Waals surface area contributed by atoms with Gasteiger partial charge in [-0.3, -0.25) is 0 Å². The standard InChI is InChI=1S/C12H14ClN3O/c1-7-4-5-8(6-9(7)13)10-15-11(16-17-10)12(2,3)14/h4-6H,14H2,1-3H3. The zero-order chi connectivity index (χ0) is 12.6. The number of aromatic nitrogens is 2. The molecule has 0 atom stereocenters. The maximum atomic E-state index is 6.05. The highest BCUT2D eigenvalue weighted by atomic mass is 35.5. The van der Waals surface area contributed by atoms with E-state index in [0.717, 1.165) is 11.1 Å². The minimum atomic E-state index is -0.615. The predicted molar refractivity (Wildman–Crippen MR) is 66.7 cm³/mol. The molecule has 0 aliphatic carbocycles. The van der Waals surface area contributed by atoms with Gasteiger partial charge in [0.25, 0.3) is 5.89 Å². The second kappa shape index (κ2) is 4.13. The largest absolute Gasteiger partial charge is 0.334 e. The second-order valence-corrected chi connectivity index (χ2v) is 5.02. The Bertz CT molecular complexity index is 543. The fourth-order valence-electron chi connectivity index (χ4n) is 1.33. The average Bonchev–Trinajstić information content (AvgIpc) is 2.70. The molecule has 0 saturated carbocycles. The van der Waals surface area contributed by atoms with Gasteiger partial charge < -0.3 is 10.3 Å². The number of rotatable bonds is 2. The smallest absolute Gasteiger partial charge is 0.258 e. The van der Waals surface area contributed by atoms with Gasteiger partial charge in [-0.1, -0.05) is 22.8 Å². The molecule has 90 valence electrons. The molecular weight excluding hydrogens is 238 g/mol. The maximum absolute atomic E-state index is 6.05. The van der Waals surface area contributed by atoms with Gasteiger partial charge in [0.1, 0.15) is 0 Å². The first kappa shape index (κ1) is 12.1. The highest BCUT2D eigenvalue weighted by molar-refractivity contribution is 6.31. The van der Waals surface area contributed by atoms with Crippen LogP contribution in [0.1, 0.15) is 25.2 Å². The van der Waals surface area contributed by atoms with Crippen LogP contribution in [-0.4, -0.2) is 10.1 Å². The number of halogens is 1. The second-order valence-electron chi connectivity index (χ2n) is 4.61. The Balaban J connectivity index is 2.40. The monoisotopic (exact) mass is 251 g/mol. The van der Waals surface area contributed by atoms with Crippen LogP contribution in [0.2, 0.25) is 5.02 Å². The maximum Gasteiger partial charge on any atom is 0.258 e. The molecule has 1 aromatic carbocycles. The van der Waals surface area contributed by atoms with Crippen LogP contribution in [0, 0.1) is 6.92 Å². The highest BCUT2D eigenvalue weighted by Gasteiger charge is 2.22. The van der Waals surface area contributed by atoms with Gasteiger partial charge in [-0.25, -0.2) is 0 Å². The van der Waals surface area contributed by atoms with Crippen molar-refractivity contribution < 1.29 is 4.52 Å². The van der Waals surface area contributed by atoms with E-state index in [-0.39, 0.29) is 0 Å². The predicted octanol–water partition coefficient (Wildman–Crippen LogP) is 2.89. The van der Waals surface area contributed by atoms with Crippen molar-refractivity contribution in [2.24, 2.45) is 5.73 Å². The third kappa shape index (κ3) is 2.48. The van der Waals surface area contributed by atoms with Crippen LogP contribution >= 0.6 is 11.6 Å². The van der Waals surface area contributed by atoms with E-state index >= 15 is 0 Å². The molecule has 0 aliphatic rings. The molecule has 2 aromatic rings. The van der Waals surface area contributed by atoms with Crippen LogP contribution in [0.15, 0.2) is 22.7 Å². The summed E-state index contributed by atoms with van der Waals surface area (Å²) in [6.07, 6.45) is 0. The summed E-state index contributed by atoms with van der Waals surface area (Å²) in [5.74, 6) is 0.907. The summed E-state index contributed by atoms with van der Waals surface area (Å²) in [5.41, 5.74) is 7.08. The molecule has 0 unspecified atom stereocenters. The number of aryl methyl sites for hydroxylation is 1. The number of nitrogens with two attached hydrogens (primary N) is 1. The van der Waals surface area contributed by atoms with Gasteiger partial charge in [-0.2, -0.15) is 4.98 Å². The van der Waals surface area contributed by atoms with E-state index in [2.05, 4.69) is 10.1 Å². The topological polar surface area (TPSA) is 64.9 Å². The molecule has 0 aliphatic heterocycles. The lowest BCUT2D eigenvalue weighted by molar-refractivity contribution is 0.397. The average molecular weight is 252 g/mol. The van der Waals surface area contributed by atoms with Crippen LogP contribution in [0.25, 0.3) is 11.5 Å². The minimum Gasteiger partial charge on any atom is -0.334 e. The molecule has 2 N–H and O–H groups in total. The molecule has 1 heterocycles. The molecular formula is C12H14ClN3O. The van der Waals surface area contributed by atoms with Crippen molar-refractivity contribution >= 4 is 11.6 Å². The van der Waals surface area contributed by atoms with Gasteiger partial charge in [-0.05, 0) is 38.5 Å². The van der Waals surface area contributed by atoms with E-state index in [4.69, 9.17) is 21.9 Å². The summed E-state index contributed by atoms with van der Waals surface area (Å²) in [7, 11) is 0. The normalized spacial score (nSPS) is 11.8. The lowest BCUT2D eigenvalue weighted by Gasteiger charge is -2.11. The SMILES string of the molecule is Cc1ccc(-c2nc(C(C)(C)N)no2)cc1Cl. The Morgan fingerprint density at radius 2 is 2.06 bits per heavy atom. The van der Waals surface area contributed by atoms with Crippen molar-refractivity contribution in [1.29, 1.82) is 0 Å². The van der Waals surface area contributed by atoms with Crippen molar-refractivity contribution in [3.05, 3.63) is 34.6 Å². The summed E-state index contributed by atoms with van der Waals surface area (Å²) < 4.78 is 5.17. The Hall–Kier alpha value is -1.39. The summed E-state index contributed by atoms with van der Waals surface area (Å²) in [5, 5.41) is 4.54. The van der Waals surface area contributed by atoms with E-state index in [1.807, 2.05) is 32.9 Å². The van der Waals surface area contributed by atoms with Gasteiger partial charge in [0, 0.05) is 10.6 Å².